The Morgan fingerprint density at radius 2 is 1.59 bits per heavy atom. The molecule has 32 heavy (non-hydrogen) atoms. The molecule has 0 bridgehead atoms. The predicted molar refractivity (Wildman–Crippen MR) is 126 cm³/mol. The summed E-state index contributed by atoms with van der Waals surface area (Å²) in [4.78, 5) is -0.00150. The lowest BCUT2D eigenvalue weighted by molar-refractivity contribution is -0.901. The fourth-order valence-electron chi connectivity index (χ4n) is 2.56. The second-order valence-corrected chi connectivity index (χ2v) is 10.9. The number of quaternary nitrogens is 1. The van der Waals surface area contributed by atoms with Crippen molar-refractivity contribution in [3.8, 4) is 0 Å². The third kappa shape index (κ3) is 8.57. The second kappa shape index (κ2) is 12.2. The molecule has 0 amide bonds. The SMILES string of the molecule is CN(C)S(=O)(=O)c1cc(Cl)c(N=Nc2ccc(CCNCC[N+](C)(C)N)cc2)c(Cl)c1.[Cl-]. The number of nitrogens with two attached hydrogens (primary N) is 1. The minimum Gasteiger partial charge on any atom is -1.00 e. The van der Waals surface area contributed by atoms with Gasteiger partial charge < -0.3 is 17.7 Å². The van der Waals surface area contributed by atoms with Gasteiger partial charge in [0.15, 0.2) is 0 Å². The highest BCUT2D eigenvalue weighted by Crippen LogP contribution is 2.37. The van der Waals surface area contributed by atoms with Gasteiger partial charge in [0.1, 0.15) is 12.2 Å². The molecule has 0 radical (unpaired) electrons. The van der Waals surface area contributed by atoms with Crippen LogP contribution in [-0.2, 0) is 16.4 Å². The normalized spacial score (nSPS) is 12.4. The maximum absolute atomic E-state index is 12.3. The summed E-state index contributed by atoms with van der Waals surface area (Å²) in [6.45, 7) is 2.56. The fraction of sp³-hybridized carbons (Fsp3) is 0.400. The second-order valence-electron chi connectivity index (χ2n) is 7.89. The molecule has 12 heteroatoms. The molecule has 0 fully saturated rings. The number of azo groups is 1. The van der Waals surface area contributed by atoms with Crippen molar-refractivity contribution in [1.82, 2.24) is 9.62 Å². The first-order valence-electron chi connectivity index (χ1n) is 9.65. The summed E-state index contributed by atoms with van der Waals surface area (Å²) in [6.07, 6.45) is 0.884. The number of sulfonamides is 1. The van der Waals surface area contributed by atoms with E-state index < -0.39 is 10.0 Å². The molecule has 0 unspecified atom stereocenters. The van der Waals surface area contributed by atoms with Crippen molar-refractivity contribution in [3.05, 3.63) is 52.0 Å². The van der Waals surface area contributed by atoms with Crippen LogP contribution in [0, 0.1) is 0 Å². The van der Waals surface area contributed by atoms with Gasteiger partial charge in [0.25, 0.3) is 0 Å². The van der Waals surface area contributed by atoms with Crippen molar-refractivity contribution in [2.75, 3.05) is 47.8 Å². The molecule has 2 aromatic carbocycles. The molecule has 3 N–H and O–H groups in total. The fourth-order valence-corrected chi connectivity index (χ4v) is 4.21. The number of benzene rings is 2. The van der Waals surface area contributed by atoms with Crippen LogP contribution < -0.4 is 23.6 Å². The Balaban J connectivity index is 0.00000512. The zero-order valence-corrected chi connectivity index (χ0v) is 21.6. The van der Waals surface area contributed by atoms with Crippen LogP contribution in [0.2, 0.25) is 10.0 Å². The van der Waals surface area contributed by atoms with Crippen LogP contribution in [-0.4, -0.2) is 65.1 Å². The Morgan fingerprint density at radius 1 is 1.03 bits per heavy atom. The van der Waals surface area contributed by atoms with Crippen LogP contribution in [0.5, 0.6) is 0 Å². The largest absolute Gasteiger partial charge is 1.00 e. The maximum Gasteiger partial charge on any atom is 0.242 e. The minimum absolute atomic E-state index is 0. The molecule has 8 nitrogen and oxygen atoms in total. The molecule has 178 valence electrons. The van der Waals surface area contributed by atoms with E-state index >= 15 is 0 Å². The van der Waals surface area contributed by atoms with Crippen molar-refractivity contribution in [3.63, 3.8) is 0 Å². The van der Waals surface area contributed by atoms with Gasteiger partial charge in [-0.3, -0.25) is 4.59 Å². The molecule has 0 heterocycles. The van der Waals surface area contributed by atoms with E-state index in [0.717, 1.165) is 30.4 Å². The average Bonchev–Trinajstić information content (AvgIpc) is 2.67. The quantitative estimate of drug-likeness (QED) is 0.158. The van der Waals surface area contributed by atoms with Gasteiger partial charge in [0.05, 0.1) is 34.7 Å². The lowest BCUT2D eigenvalue weighted by atomic mass is 10.1. The molecule has 0 saturated heterocycles. The number of nitrogens with zero attached hydrogens (tertiary/aromatic N) is 4. The molecule has 0 aliphatic rings. The van der Waals surface area contributed by atoms with Crippen molar-refractivity contribution in [1.29, 1.82) is 0 Å². The van der Waals surface area contributed by atoms with Crippen LogP contribution in [0.1, 0.15) is 5.56 Å². The molecule has 0 aliphatic carbocycles. The molecule has 0 aromatic heterocycles. The van der Waals surface area contributed by atoms with Crippen LogP contribution >= 0.6 is 23.2 Å². The number of halogens is 3. The molecule has 0 atom stereocenters. The van der Waals surface area contributed by atoms with Crippen LogP contribution in [0.25, 0.3) is 0 Å². The molecule has 2 aromatic rings. The summed E-state index contributed by atoms with van der Waals surface area (Å²) in [5.74, 6) is 5.91. The van der Waals surface area contributed by atoms with Crippen molar-refractivity contribution in [2.45, 2.75) is 11.3 Å². The summed E-state index contributed by atoms with van der Waals surface area (Å²) < 4.78 is 26.0. The van der Waals surface area contributed by atoms with Gasteiger partial charge in [-0.05, 0) is 42.8 Å². The lowest BCUT2D eigenvalue weighted by Crippen LogP contribution is -3.00. The molecule has 0 saturated carbocycles. The molecular weight excluding hydrogens is 495 g/mol. The monoisotopic (exact) mass is 522 g/mol. The average molecular weight is 524 g/mol. The zero-order valence-electron chi connectivity index (χ0n) is 18.5. The van der Waals surface area contributed by atoms with E-state index in [0.29, 0.717) is 10.3 Å². The van der Waals surface area contributed by atoms with E-state index in [1.165, 1.54) is 31.8 Å². The smallest absolute Gasteiger partial charge is 0.242 e. The van der Waals surface area contributed by atoms with Gasteiger partial charge in [-0.1, -0.05) is 35.3 Å². The lowest BCUT2D eigenvalue weighted by Gasteiger charge is -2.22. The number of hydrogen-bond acceptors (Lipinski definition) is 6. The minimum atomic E-state index is -3.65. The summed E-state index contributed by atoms with van der Waals surface area (Å²) in [7, 11) is 3.13. The van der Waals surface area contributed by atoms with E-state index in [1.807, 2.05) is 38.4 Å². The van der Waals surface area contributed by atoms with Crippen LogP contribution in [0.3, 0.4) is 0 Å². The highest BCUT2D eigenvalue weighted by Gasteiger charge is 2.20. The number of likely N-dealkylation sites (N-methyl/N-ethyl adjacent to an activating group) is 1. The van der Waals surface area contributed by atoms with E-state index in [4.69, 9.17) is 29.0 Å². The Labute approximate surface area is 206 Å². The Morgan fingerprint density at radius 3 is 2.09 bits per heavy atom. The Kier molecular flexibility index (Phi) is 11.0. The van der Waals surface area contributed by atoms with Crippen molar-refractivity contribution >= 4 is 44.6 Å². The molecule has 2 rings (SSSR count). The van der Waals surface area contributed by atoms with Gasteiger partial charge in [0, 0.05) is 20.6 Å². The predicted octanol–water partition coefficient (Wildman–Crippen LogP) is 0.745. The first-order chi connectivity index (χ1) is 14.4. The Bertz CT molecular complexity index is 1000. The van der Waals surface area contributed by atoms with E-state index in [1.54, 1.807) is 0 Å². The number of rotatable bonds is 10. The van der Waals surface area contributed by atoms with Gasteiger partial charge in [-0.15, -0.1) is 5.11 Å². The molecule has 0 aliphatic heterocycles. The summed E-state index contributed by atoms with van der Waals surface area (Å²) in [5, 5.41) is 11.9. The van der Waals surface area contributed by atoms with E-state index in [-0.39, 0.29) is 33.0 Å². The summed E-state index contributed by atoms with van der Waals surface area (Å²) >= 11 is 12.4. The van der Waals surface area contributed by atoms with Gasteiger partial charge in [-0.25, -0.2) is 12.7 Å². The van der Waals surface area contributed by atoms with Gasteiger partial charge >= 0.3 is 0 Å². The van der Waals surface area contributed by atoms with E-state index in [9.17, 15) is 8.42 Å². The van der Waals surface area contributed by atoms with Crippen molar-refractivity contribution < 1.29 is 25.4 Å². The first kappa shape index (κ1) is 28.7. The standard InChI is InChI=1S/C20H29Cl2N6O2S.ClH/c1-27(2)31(29,30)17-13-18(21)20(19(22)14-17)26-25-16-7-5-15(6-8-16)9-10-24-11-12-28(3,4)23;/h5-8,13-14,24H,9-12,23H2,1-4H3;1H/q+1;/p-1. The van der Waals surface area contributed by atoms with E-state index in [2.05, 4.69) is 15.5 Å². The zero-order chi connectivity index (χ0) is 23.2. The van der Waals surface area contributed by atoms with Gasteiger partial charge in [-0.2, -0.15) is 11.0 Å². The highest BCUT2D eigenvalue weighted by molar-refractivity contribution is 7.89. The molecule has 0 spiro atoms. The first-order valence-corrected chi connectivity index (χ1v) is 11.8. The molecular formula is C20H29Cl3N6O2S. The maximum atomic E-state index is 12.3. The Hall–Kier alpha value is -1.30. The van der Waals surface area contributed by atoms with Crippen molar-refractivity contribution in [2.24, 2.45) is 16.1 Å². The summed E-state index contributed by atoms with van der Waals surface area (Å²) in [5.41, 5.74) is 2.02. The third-order valence-corrected chi connectivity index (χ3v) is 6.80. The van der Waals surface area contributed by atoms with Gasteiger partial charge in [0.2, 0.25) is 10.0 Å². The highest BCUT2D eigenvalue weighted by atomic mass is 35.5. The topological polar surface area (TPSA) is 100 Å². The summed E-state index contributed by atoms with van der Waals surface area (Å²) in [6, 6.07) is 10.3. The van der Waals surface area contributed by atoms with Crippen LogP contribution in [0.15, 0.2) is 51.5 Å². The van der Waals surface area contributed by atoms with Crippen LogP contribution in [0.4, 0.5) is 11.4 Å². The third-order valence-electron chi connectivity index (χ3n) is 4.43. The number of nitrogens with one attached hydrogen (secondary N) is 1. The number of hydrogen-bond donors (Lipinski definition) is 2.